The number of halogens is 1. The van der Waals surface area contributed by atoms with Gasteiger partial charge < -0.3 is 20.7 Å². The van der Waals surface area contributed by atoms with Crippen molar-refractivity contribution >= 4 is 11.9 Å². The zero-order valence-electron chi connectivity index (χ0n) is 16.5. The van der Waals surface area contributed by atoms with E-state index in [1.54, 1.807) is 19.3 Å². The maximum absolute atomic E-state index is 12.9. The van der Waals surface area contributed by atoms with Crippen molar-refractivity contribution in [3.8, 4) is 11.6 Å². The van der Waals surface area contributed by atoms with E-state index in [9.17, 15) is 9.18 Å². The van der Waals surface area contributed by atoms with Gasteiger partial charge in [0.05, 0.1) is 6.54 Å². The number of pyridine rings is 1. The van der Waals surface area contributed by atoms with Crippen LogP contribution in [0.15, 0.2) is 47.6 Å². The largest absolute Gasteiger partial charge is 0.439 e. The van der Waals surface area contributed by atoms with E-state index in [-0.39, 0.29) is 23.8 Å². The molecule has 0 radical (unpaired) electrons. The van der Waals surface area contributed by atoms with Gasteiger partial charge in [0.1, 0.15) is 11.6 Å². The highest BCUT2D eigenvalue weighted by Crippen LogP contribution is 2.19. The second kappa shape index (κ2) is 9.68. The van der Waals surface area contributed by atoms with E-state index in [0.717, 1.165) is 5.56 Å². The highest BCUT2D eigenvalue weighted by atomic mass is 19.1. The molecule has 0 atom stereocenters. The lowest BCUT2D eigenvalue weighted by Crippen LogP contribution is -2.48. The quantitative estimate of drug-likeness (QED) is 0.524. The van der Waals surface area contributed by atoms with Gasteiger partial charge >= 0.3 is 0 Å². The minimum absolute atomic E-state index is 0.112. The molecule has 7 nitrogen and oxygen atoms in total. The molecule has 8 heteroatoms. The minimum atomic E-state index is -0.320. The van der Waals surface area contributed by atoms with Crippen LogP contribution in [0.2, 0.25) is 0 Å². The number of nitrogens with zero attached hydrogens (tertiary/aromatic N) is 2. The van der Waals surface area contributed by atoms with Gasteiger partial charge in [-0.3, -0.25) is 9.79 Å². The Hall–Kier alpha value is -3.16. The lowest BCUT2D eigenvalue weighted by atomic mass is 10.1. The summed E-state index contributed by atoms with van der Waals surface area (Å²) >= 11 is 0. The van der Waals surface area contributed by atoms with Crippen molar-refractivity contribution in [1.82, 2.24) is 20.9 Å². The van der Waals surface area contributed by atoms with Crippen molar-refractivity contribution in [1.29, 1.82) is 0 Å². The first-order valence-corrected chi connectivity index (χ1v) is 8.89. The van der Waals surface area contributed by atoms with E-state index in [1.807, 2.05) is 26.8 Å². The van der Waals surface area contributed by atoms with Gasteiger partial charge in [-0.05, 0) is 50.6 Å². The molecule has 150 valence electrons. The first-order valence-electron chi connectivity index (χ1n) is 8.89. The van der Waals surface area contributed by atoms with E-state index >= 15 is 0 Å². The molecule has 0 aliphatic heterocycles. The number of hydrogen-bond acceptors (Lipinski definition) is 4. The predicted molar refractivity (Wildman–Crippen MR) is 107 cm³/mol. The van der Waals surface area contributed by atoms with Crippen LogP contribution in [0.1, 0.15) is 26.3 Å². The minimum Gasteiger partial charge on any atom is -0.439 e. The standard InChI is InChI=1S/C20H26FN5O2/c1-20(2,3)26-17(27)13-25-19(22-4)24-12-14-5-10-18(23-11-14)28-16-8-6-15(21)7-9-16/h5-11H,12-13H2,1-4H3,(H,26,27)(H2,22,24,25). The third-order valence-corrected chi connectivity index (χ3v) is 3.45. The summed E-state index contributed by atoms with van der Waals surface area (Å²) in [4.78, 5) is 20.2. The molecule has 0 saturated heterocycles. The SMILES string of the molecule is CN=C(NCC(=O)NC(C)(C)C)NCc1ccc(Oc2ccc(F)cc2)nc1. The maximum Gasteiger partial charge on any atom is 0.239 e. The van der Waals surface area contributed by atoms with E-state index in [4.69, 9.17) is 4.74 Å². The van der Waals surface area contributed by atoms with E-state index in [0.29, 0.717) is 24.1 Å². The van der Waals surface area contributed by atoms with Crippen molar-refractivity contribution in [2.75, 3.05) is 13.6 Å². The summed E-state index contributed by atoms with van der Waals surface area (Å²) < 4.78 is 18.5. The molecule has 28 heavy (non-hydrogen) atoms. The summed E-state index contributed by atoms with van der Waals surface area (Å²) in [6.45, 7) is 6.38. The van der Waals surface area contributed by atoms with E-state index in [1.165, 1.54) is 24.3 Å². The summed E-state index contributed by atoms with van der Waals surface area (Å²) in [6.07, 6.45) is 1.67. The van der Waals surface area contributed by atoms with Gasteiger partial charge in [0.25, 0.3) is 0 Å². The zero-order valence-corrected chi connectivity index (χ0v) is 16.5. The fraction of sp³-hybridized carbons (Fsp3) is 0.350. The summed E-state index contributed by atoms with van der Waals surface area (Å²) in [7, 11) is 1.63. The third kappa shape index (κ3) is 7.61. The first-order chi connectivity index (χ1) is 13.2. The summed E-state index contributed by atoms with van der Waals surface area (Å²) in [6, 6.07) is 9.32. The molecule has 0 spiro atoms. The Morgan fingerprint density at radius 2 is 1.86 bits per heavy atom. The molecule has 1 aromatic carbocycles. The Kier molecular flexibility index (Phi) is 7.31. The van der Waals surface area contributed by atoms with E-state index < -0.39 is 0 Å². The molecule has 3 N–H and O–H groups in total. The van der Waals surface area contributed by atoms with Gasteiger partial charge in [-0.25, -0.2) is 9.37 Å². The molecule has 0 aliphatic carbocycles. The number of ether oxygens (including phenoxy) is 1. The number of carbonyl (C=O) groups is 1. The van der Waals surface area contributed by atoms with Crippen molar-refractivity contribution in [2.24, 2.45) is 4.99 Å². The normalized spacial score (nSPS) is 11.7. The number of aromatic nitrogens is 1. The van der Waals surface area contributed by atoms with E-state index in [2.05, 4.69) is 25.9 Å². The van der Waals surface area contributed by atoms with Crippen LogP contribution in [0.5, 0.6) is 11.6 Å². The van der Waals surface area contributed by atoms with Crippen molar-refractivity contribution in [2.45, 2.75) is 32.9 Å². The summed E-state index contributed by atoms with van der Waals surface area (Å²) in [5.41, 5.74) is 0.632. The Labute approximate surface area is 164 Å². The molecule has 0 fully saturated rings. The topological polar surface area (TPSA) is 87.6 Å². The van der Waals surface area contributed by atoms with Gasteiger partial charge in [0.15, 0.2) is 5.96 Å². The monoisotopic (exact) mass is 387 g/mol. The Bertz CT molecular complexity index is 799. The smallest absolute Gasteiger partial charge is 0.239 e. The fourth-order valence-corrected chi connectivity index (χ4v) is 2.23. The maximum atomic E-state index is 12.9. The Morgan fingerprint density at radius 1 is 1.14 bits per heavy atom. The highest BCUT2D eigenvalue weighted by Gasteiger charge is 2.13. The van der Waals surface area contributed by atoms with Gasteiger partial charge in [-0.2, -0.15) is 0 Å². The molecule has 1 amide bonds. The van der Waals surface area contributed by atoms with Crippen molar-refractivity contribution in [3.05, 3.63) is 54.0 Å². The van der Waals surface area contributed by atoms with Gasteiger partial charge in [0.2, 0.25) is 11.8 Å². The van der Waals surface area contributed by atoms with Crippen LogP contribution in [0.4, 0.5) is 4.39 Å². The molecule has 2 rings (SSSR count). The number of hydrogen-bond donors (Lipinski definition) is 3. The van der Waals surface area contributed by atoms with Crippen LogP contribution in [0, 0.1) is 5.82 Å². The second-order valence-corrected chi connectivity index (χ2v) is 7.14. The van der Waals surface area contributed by atoms with Gasteiger partial charge in [-0.1, -0.05) is 6.07 Å². The lowest BCUT2D eigenvalue weighted by Gasteiger charge is -2.21. The lowest BCUT2D eigenvalue weighted by molar-refractivity contribution is -0.121. The molecular formula is C20H26FN5O2. The number of guanidine groups is 1. The molecule has 0 unspecified atom stereocenters. The number of nitrogens with one attached hydrogen (secondary N) is 3. The Morgan fingerprint density at radius 3 is 2.43 bits per heavy atom. The number of rotatable bonds is 6. The molecule has 2 aromatic rings. The predicted octanol–water partition coefficient (Wildman–Crippen LogP) is 2.59. The van der Waals surface area contributed by atoms with Crippen LogP contribution in [0.25, 0.3) is 0 Å². The number of amides is 1. The highest BCUT2D eigenvalue weighted by molar-refractivity contribution is 5.86. The fourth-order valence-electron chi connectivity index (χ4n) is 2.23. The molecule has 0 bridgehead atoms. The molecule has 1 heterocycles. The van der Waals surface area contributed by atoms with Crippen molar-refractivity contribution in [3.63, 3.8) is 0 Å². The molecule has 0 aliphatic rings. The Balaban J connectivity index is 1.81. The van der Waals surface area contributed by atoms with Crippen molar-refractivity contribution < 1.29 is 13.9 Å². The van der Waals surface area contributed by atoms with Gasteiger partial charge in [-0.15, -0.1) is 0 Å². The molecule has 1 aromatic heterocycles. The van der Waals surface area contributed by atoms with Crippen LogP contribution < -0.4 is 20.7 Å². The summed E-state index contributed by atoms with van der Waals surface area (Å²) in [5.74, 6) is 1.00. The first kappa shape index (κ1) is 21.1. The van der Waals surface area contributed by atoms with Crippen LogP contribution >= 0.6 is 0 Å². The summed E-state index contributed by atoms with van der Waals surface area (Å²) in [5, 5.41) is 8.95. The number of benzene rings is 1. The molecular weight excluding hydrogens is 361 g/mol. The van der Waals surface area contributed by atoms with Crippen LogP contribution in [-0.2, 0) is 11.3 Å². The van der Waals surface area contributed by atoms with Gasteiger partial charge in [0, 0.05) is 31.4 Å². The number of aliphatic imine (C=N–C) groups is 1. The zero-order chi connectivity index (χ0) is 20.6. The number of carbonyl (C=O) groups excluding carboxylic acids is 1. The van der Waals surface area contributed by atoms with Crippen LogP contribution in [-0.4, -0.2) is 36.0 Å². The third-order valence-electron chi connectivity index (χ3n) is 3.45. The second-order valence-electron chi connectivity index (χ2n) is 7.14. The average Bonchev–Trinajstić information content (AvgIpc) is 2.63. The van der Waals surface area contributed by atoms with Crippen LogP contribution in [0.3, 0.4) is 0 Å². The molecule has 0 saturated carbocycles. The average molecular weight is 387 g/mol.